The first-order valence-corrected chi connectivity index (χ1v) is 19.7. The Hall–Kier alpha value is -0.413. The molecule has 4 rings (SSSR count). The SMILES string of the molecule is C[Si](C)=[Hf+2]([C]1=CC=CC1)[CH]1c2ccccc2-c2ccccc21.[Cl-].[Cl-]. The molecule has 0 N–H and O–H groups in total. The molecule has 0 saturated heterocycles. The van der Waals surface area contributed by atoms with Gasteiger partial charge in [-0.05, 0) is 0 Å². The molecule has 2 aliphatic carbocycles. The second-order valence-electron chi connectivity index (χ2n) is 6.35. The van der Waals surface area contributed by atoms with Crippen molar-refractivity contribution in [2.45, 2.75) is 23.2 Å². The van der Waals surface area contributed by atoms with Crippen LogP contribution in [0.25, 0.3) is 11.1 Å². The van der Waals surface area contributed by atoms with Gasteiger partial charge < -0.3 is 24.8 Å². The first-order valence-electron chi connectivity index (χ1n) is 7.99. The summed E-state index contributed by atoms with van der Waals surface area (Å²) in [5.74, 6) is 0. The van der Waals surface area contributed by atoms with Gasteiger partial charge >= 0.3 is 141 Å². The van der Waals surface area contributed by atoms with Crippen LogP contribution in [0.4, 0.5) is 0 Å². The van der Waals surface area contributed by atoms with Gasteiger partial charge in [0.2, 0.25) is 0 Å². The average molecular weight is 538 g/mol. The first-order chi connectivity index (χ1) is 10.8. The van der Waals surface area contributed by atoms with Crippen LogP contribution in [-0.2, 0) is 20.1 Å². The predicted octanol–water partition coefficient (Wildman–Crippen LogP) is -0.522. The van der Waals surface area contributed by atoms with Crippen LogP contribution in [0.5, 0.6) is 0 Å². The van der Waals surface area contributed by atoms with E-state index in [1.165, 1.54) is 17.5 Å². The molecular formula is C20H20Cl2HfSi. The number of hydrogen-bond donors (Lipinski definition) is 0. The van der Waals surface area contributed by atoms with E-state index >= 15 is 0 Å². The molecule has 0 aliphatic heterocycles. The van der Waals surface area contributed by atoms with E-state index in [1.54, 1.807) is 11.1 Å². The molecule has 0 saturated carbocycles. The first kappa shape index (κ1) is 19.9. The number of hydrogen-bond acceptors (Lipinski definition) is 0. The molecule has 0 amide bonds. The Morgan fingerprint density at radius 1 is 0.875 bits per heavy atom. The van der Waals surface area contributed by atoms with E-state index in [1.807, 2.05) is 3.33 Å². The number of fused-ring (bicyclic) bond motifs is 3. The fraction of sp³-hybridized carbons (Fsp3) is 0.200. The van der Waals surface area contributed by atoms with E-state index in [-0.39, 0.29) is 30.3 Å². The molecule has 122 valence electrons. The maximum absolute atomic E-state index is 2.56. The minimum atomic E-state index is -1.88. The molecule has 2 aromatic rings. The van der Waals surface area contributed by atoms with Crippen LogP contribution in [0.2, 0.25) is 13.1 Å². The van der Waals surface area contributed by atoms with Crippen molar-refractivity contribution in [2.24, 2.45) is 0 Å². The zero-order valence-electron chi connectivity index (χ0n) is 13.9. The van der Waals surface area contributed by atoms with Crippen molar-refractivity contribution in [2.75, 3.05) is 0 Å². The summed E-state index contributed by atoms with van der Waals surface area (Å²) >= 11 is -1.88. The molecule has 2 aromatic carbocycles. The normalized spacial score (nSPS) is 13.8. The summed E-state index contributed by atoms with van der Waals surface area (Å²) in [5.41, 5.74) is 6.04. The molecule has 0 fully saturated rings. The third kappa shape index (κ3) is 3.31. The summed E-state index contributed by atoms with van der Waals surface area (Å²) in [6.07, 6.45) is 8.34. The number of benzene rings is 2. The molecule has 0 heterocycles. The molecule has 0 bridgehead atoms. The number of halogens is 2. The predicted molar refractivity (Wildman–Crippen MR) is 93.0 cm³/mol. The Bertz CT molecular complexity index is 803. The standard InChI is InChI=1S/C13H9.C5H5.C2H6Si.2ClH.Hf/c1-3-7-12-10(5-1)9-11-6-2-4-8-13(11)12;1-2-4-5-3-1;1-3-2;;;/h1-9H;1-3H,4H2;1-2H3;2*1H;/q;;;;;+2/p-2. The van der Waals surface area contributed by atoms with Gasteiger partial charge in [-0.1, -0.05) is 0 Å². The van der Waals surface area contributed by atoms with Crippen LogP contribution in [0.1, 0.15) is 21.2 Å². The van der Waals surface area contributed by atoms with Gasteiger partial charge in [-0.2, -0.15) is 0 Å². The average Bonchev–Trinajstić information content (AvgIpc) is 3.16. The molecule has 0 nitrogen and oxygen atoms in total. The monoisotopic (exact) mass is 538 g/mol. The largest absolute Gasteiger partial charge is 1.00 e. The van der Waals surface area contributed by atoms with Gasteiger partial charge in [0.15, 0.2) is 0 Å². The van der Waals surface area contributed by atoms with Crippen molar-refractivity contribution >= 4 is 5.49 Å². The molecular weight excluding hydrogens is 518 g/mol. The Morgan fingerprint density at radius 2 is 1.42 bits per heavy atom. The summed E-state index contributed by atoms with van der Waals surface area (Å²) in [5, 5.41) is 0. The van der Waals surface area contributed by atoms with Crippen LogP contribution in [0.3, 0.4) is 0 Å². The van der Waals surface area contributed by atoms with Crippen LogP contribution in [0.15, 0.2) is 70.1 Å². The van der Waals surface area contributed by atoms with Crippen molar-refractivity contribution in [1.29, 1.82) is 0 Å². The molecule has 4 heteroatoms. The van der Waals surface area contributed by atoms with E-state index in [0.29, 0.717) is 0 Å². The Labute approximate surface area is 165 Å². The van der Waals surface area contributed by atoms with Gasteiger partial charge in [-0.25, -0.2) is 0 Å². The Morgan fingerprint density at radius 3 is 1.88 bits per heavy atom. The molecule has 0 atom stereocenters. The zero-order chi connectivity index (χ0) is 15.1. The molecule has 0 spiro atoms. The smallest absolute Gasteiger partial charge is 1.00 e. The summed E-state index contributed by atoms with van der Waals surface area (Å²) in [4.78, 5) is 0. The third-order valence-electron chi connectivity index (χ3n) is 4.78. The maximum Gasteiger partial charge on any atom is -1.00 e. The Kier molecular flexibility index (Phi) is 6.89. The molecule has 0 unspecified atom stereocenters. The van der Waals surface area contributed by atoms with Crippen LogP contribution in [0, 0.1) is 0 Å². The minimum absolute atomic E-state index is 0. The van der Waals surface area contributed by atoms with E-state index in [2.05, 4.69) is 79.9 Å². The number of allylic oxidation sites excluding steroid dienone is 4. The maximum atomic E-state index is 2.56. The quantitative estimate of drug-likeness (QED) is 0.453. The van der Waals surface area contributed by atoms with Crippen LogP contribution in [-0.4, -0.2) is 5.49 Å². The second-order valence-corrected chi connectivity index (χ2v) is 30.9. The molecule has 24 heavy (non-hydrogen) atoms. The van der Waals surface area contributed by atoms with Gasteiger partial charge in [0.25, 0.3) is 0 Å². The van der Waals surface area contributed by atoms with Crippen molar-refractivity contribution in [1.82, 2.24) is 0 Å². The number of rotatable bonds is 2. The Balaban J connectivity index is 0.00000104. The van der Waals surface area contributed by atoms with E-state index in [0.717, 1.165) is 3.67 Å². The van der Waals surface area contributed by atoms with Gasteiger partial charge in [0, 0.05) is 0 Å². The summed E-state index contributed by atoms with van der Waals surface area (Å²) in [6.45, 7) is 5.13. The fourth-order valence-corrected chi connectivity index (χ4v) is 29.9. The molecule has 0 radical (unpaired) electrons. The van der Waals surface area contributed by atoms with Crippen LogP contribution >= 0.6 is 0 Å². The van der Waals surface area contributed by atoms with Gasteiger partial charge in [-0.3, -0.25) is 0 Å². The van der Waals surface area contributed by atoms with E-state index < -0.39 is 20.1 Å². The van der Waals surface area contributed by atoms with Crippen molar-refractivity contribution in [3.05, 3.63) is 81.2 Å². The fourth-order valence-electron chi connectivity index (χ4n) is 3.91. The topological polar surface area (TPSA) is 0 Å². The summed E-state index contributed by atoms with van der Waals surface area (Å²) in [6, 6.07) is 18.3. The minimum Gasteiger partial charge on any atom is -1.00 e. The summed E-state index contributed by atoms with van der Waals surface area (Å²) in [7, 11) is 0. The van der Waals surface area contributed by atoms with Crippen molar-refractivity contribution in [3.63, 3.8) is 0 Å². The van der Waals surface area contributed by atoms with E-state index in [9.17, 15) is 0 Å². The van der Waals surface area contributed by atoms with E-state index in [4.69, 9.17) is 0 Å². The van der Waals surface area contributed by atoms with Crippen molar-refractivity contribution in [3.8, 4) is 11.1 Å². The van der Waals surface area contributed by atoms with Crippen molar-refractivity contribution < 1.29 is 44.9 Å². The third-order valence-corrected chi connectivity index (χ3v) is 30.6. The van der Waals surface area contributed by atoms with Gasteiger partial charge in [0.1, 0.15) is 0 Å². The van der Waals surface area contributed by atoms with Gasteiger partial charge in [0.05, 0.1) is 0 Å². The summed E-state index contributed by atoms with van der Waals surface area (Å²) < 4.78 is 2.60. The van der Waals surface area contributed by atoms with Crippen LogP contribution < -0.4 is 24.8 Å². The molecule has 2 aliphatic rings. The second kappa shape index (κ2) is 8.31. The molecule has 0 aromatic heterocycles. The van der Waals surface area contributed by atoms with Gasteiger partial charge in [-0.15, -0.1) is 0 Å². The zero-order valence-corrected chi connectivity index (χ0v) is 20.0.